The Morgan fingerprint density at radius 3 is 2.41 bits per heavy atom. The summed E-state index contributed by atoms with van der Waals surface area (Å²) >= 11 is 13.1. The van der Waals surface area contributed by atoms with E-state index in [2.05, 4.69) is 10.3 Å². The number of nitrogens with zero attached hydrogens (tertiary/aromatic N) is 2. The standard InChI is InChI=1S/C25H18Cl2FN3O2S/c1-15-12-18(27)6-11-22(15)31-24(33)21(13-16-2-7-19(28)8-3-16)30-25(31)34-14-23(32)29-20-9-4-17(26)5-10-20/h2-13H,14H2,1H3,(H,29,32)/b21-13+. The number of nitrogens with one attached hydrogen (secondary N) is 1. The molecule has 0 aliphatic carbocycles. The zero-order valence-electron chi connectivity index (χ0n) is 17.9. The largest absolute Gasteiger partial charge is 0.325 e. The number of rotatable bonds is 5. The molecular formula is C25H18Cl2FN3O2S. The van der Waals surface area contributed by atoms with Crippen molar-refractivity contribution in [1.29, 1.82) is 0 Å². The van der Waals surface area contributed by atoms with Crippen molar-refractivity contribution in [2.45, 2.75) is 6.92 Å². The molecule has 1 N–H and O–H groups in total. The number of carbonyl (C=O) groups is 2. The van der Waals surface area contributed by atoms with Crippen molar-refractivity contribution in [3.05, 3.63) is 99.4 Å². The molecule has 0 unspecified atom stereocenters. The van der Waals surface area contributed by atoms with Crippen LogP contribution in [-0.2, 0) is 9.59 Å². The molecule has 3 aromatic rings. The van der Waals surface area contributed by atoms with Crippen LogP contribution in [0.1, 0.15) is 11.1 Å². The molecular weight excluding hydrogens is 496 g/mol. The highest BCUT2D eigenvalue weighted by atomic mass is 35.5. The van der Waals surface area contributed by atoms with E-state index >= 15 is 0 Å². The van der Waals surface area contributed by atoms with Crippen LogP contribution < -0.4 is 10.2 Å². The number of carbonyl (C=O) groups excluding carboxylic acids is 2. The average molecular weight is 514 g/mol. The molecule has 0 aromatic heterocycles. The Kier molecular flexibility index (Phi) is 7.36. The number of aliphatic imine (C=N–C) groups is 1. The number of hydrogen-bond acceptors (Lipinski definition) is 4. The van der Waals surface area contributed by atoms with Crippen molar-refractivity contribution in [2.24, 2.45) is 4.99 Å². The zero-order chi connectivity index (χ0) is 24.2. The van der Waals surface area contributed by atoms with Gasteiger partial charge in [-0.25, -0.2) is 9.38 Å². The minimum atomic E-state index is -0.371. The highest BCUT2D eigenvalue weighted by Gasteiger charge is 2.33. The van der Waals surface area contributed by atoms with E-state index in [9.17, 15) is 14.0 Å². The molecule has 1 aliphatic rings. The molecule has 2 amide bonds. The van der Waals surface area contributed by atoms with Crippen molar-refractivity contribution in [3.8, 4) is 0 Å². The third-order valence-corrected chi connectivity index (χ3v) is 6.29. The number of thioether (sulfide) groups is 1. The molecule has 0 saturated carbocycles. The summed E-state index contributed by atoms with van der Waals surface area (Å²) in [5, 5.41) is 4.26. The van der Waals surface area contributed by atoms with Crippen molar-refractivity contribution in [2.75, 3.05) is 16.0 Å². The maximum atomic E-state index is 13.3. The van der Waals surface area contributed by atoms with E-state index in [1.807, 2.05) is 6.92 Å². The van der Waals surface area contributed by atoms with Crippen molar-refractivity contribution in [1.82, 2.24) is 0 Å². The number of aryl methyl sites for hydroxylation is 1. The van der Waals surface area contributed by atoms with Crippen LogP contribution in [0.3, 0.4) is 0 Å². The second-order valence-corrected chi connectivity index (χ2v) is 9.21. The summed E-state index contributed by atoms with van der Waals surface area (Å²) in [7, 11) is 0. The summed E-state index contributed by atoms with van der Waals surface area (Å²) in [6, 6.07) is 17.7. The number of amides is 2. The summed E-state index contributed by atoms with van der Waals surface area (Å²) < 4.78 is 13.3. The Balaban J connectivity index is 1.59. The SMILES string of the molecule is Cc1cc(Cl)ccc1N1C(=O)/C(=C\c2ccc(F)cc2)N=C1SCC(=O)Nc1ccc(Cl)cc1. The lowest BCUT2D eigenvalue weighted by molar-refractivity contribution is -0.114. The van der Waals surface area contributed by atoms with Crippen molar-refractivity contribution < 1.29 is 14.0 Å². The first-order valence-electron chi connectivity index (χ1n) is 10.1. The monoisotopic (exact) mass is 513 g/mol. The molecule has 172 valence electrons. The Hall–Kier alpha value is -3.13. The van der Waals surface area contributed by atoms with E-state index < -0.39 is 0 Å². The van der Waals surface area contributed by atoms with E-state index in [4.69, 9.17) is 23.2 Å². The first kappa shape index (κ1) is 24.0. The average Bonchev–Trinajstić information content (AvgIpc) is 3.10. The molecule has 3 aromatic carbocycles. The van der Waals surface area contributed by atoms with Gasteiger partial charge in [-0.3, -0.25) is 14.5 Å². The van der Waals surface area contributed by atoms with Crippen LogP contribution in [0.5, 0.6) is 0 Å². The summed E-state index contributed by atoms with van der Waals surface area (Å²) in [5.41, 5.74) is 2.82. The first-order valence-corrected chi connectivity index (χ1v) is 11.9. The minimum absolute atomic E-state index is 0.0295. The van der Waals surface area contributed by atoms with Gasteiger partial charge in [-0.2, -0.15) is 0 Å². The lowest BCUT2D eigenvalue weighted by atomic mass is 10.1. The molecule has 0 fully saturated rings. The van der Waals surface area contributed by atoms with Gasteiger partial charge in [0.15, 0.2) is 5.17 Å². The van der Waals surface area contributed by atoms with E-state index in [0.29, 0.717) is 32.2 Å². The number of hydrogen-bond donors (Lipinski definition) is 1. The van der Waals surface area contributed by atoms with Gasteiger partial charge >= 0.3 is 0 Å². The lowest BCUT2D eigenvalue weighted by Gasteiger charge is -2.20. The van der Waals surface area contributed by atoms with Gasteiger partial charge < -0.3 is 5.32 Å². The molecule has 1 heterocycles. The number of halogens is 3. The van der Waals surface area contributed by atoms with Crippen LogP contribution in [0.15, 0.2) is 77.4 Å². The number of anilines is 2. The van der Waals surface area contributed by atoms with Gasteiger partial charge in [0.25, 0.3) is 5.91 Å². The molecule has 1 aliphatic heterocycles. The molecule has 4 rings (SSSR count). The normalized spacial score (nSPS) is 14.5. The Morgan fingerprint density at radius 2 is 1.74 bits per heavy atom. The van der Waals surface area contributed by atoms with Gasteiger partial charge in [0.1, 0.15) is 11.5 Å². The van der Waals surface area contributed by atoms with Gasteiger partial charge in [-0.15, -0.1) is 0 Å². The third kappa shape index (κ3) is 5.67. The van der Waals surface area contributed by atoms with Crippen LogP contribution in [-0.4, -0.2) is 22.7 Å². The van der Waals surface area contributed by atoms with Crippen LogP contribution in [0.25, 0.3) is 6.08 Å². The van der Waals surface area contributed by atoms with Crippen molar-refractivity contribution >= 4 is 69.4 Å². The van der Waals surface area contributed by atoms with Gasteiger partial charge in [0.05, 0.1) is 11.4 Å². The molecule has 9 heteroatoms. The maximum absolute atomic E-state index is 13.3. The first-order chi connectivity index (χ1) is 16.3. The smallest absolute Gasteiger partial charge is 0.283 e. The summed E-state index contributed by atoms with van der Waals surface area (Å²) in [5.74, 6) is -0.951. The Morgan fingerprint density at radius 1 is 1.06 bits per heavy atom. The fraction of sp³-hybridized carbons (Fsp3) is 0.0800. The van der Waals surface area contributed by atoms with Crippen molar-refractivity contribution in [3.63, 3.8) is 0 Å². The number of amidine groups is 1. The summed E-state index contributed by atoms with van der Waals surface area (Å²) in [6.07, 6.45) is 1.58. The fourth-order valence-corrected chi connectivity index (χ4v) is 4.41. The van der Waals surface area contributed by atoms with Gasteiger partial charge in [0.2, 0.25) is 5.91 Å². The number of benzene rings is 3. The highest BCUT2D eigenvalue weighted by Crippen LogP contribution is 2.33. The predicted molar refractivity (Wildman–Crippen MR) is 138 cm³/mol. The molecule has 0 atom stereocenters. The summed E-state index contributed by atoms with van der Waals surface area (Å²) in [4.78, 5) is 31.8. The maximum Gasteiger partial charge on any atom is 0.283 e. The molecule has 5 nitrogen and oxygen atoms in total. The third-order valence-electron chi connectivity index (χ3n) is 4.86. The lowest BCUT2D eigenvalue weighted by Crippen LogP contribution is -2.31. The molecule has 34 heavy (non-hydrogen) atoms. The predicted octanol–water partition coefficient (Wildman–Crippen LogP) is 6.56. The Labute approximate surface area is 210 Å². The fourth-order valence-electron chi connectivity index (χ4n) is 3.25. The second kappa shape index (κ2) is 10.4. The van der Waals surface area contributed by atoms with Gasteiger partial charge in [-0.1, -0.05) is 47.1 Å². The summed E-state index contributed by atoms with van der Waals surface area (Å²) in [6.45, 7) is 1.84. The Bertz CT molecular complexity index is 1310. The van der Waals surface area contributed by atoms with Crippen LogP contribution in [0.4, 0.5) is 15.8 Å². The van der Waals surface area contributed by atoms with Crippen LogP contribution >= 0.6 is 35.0 Å². The van der Waals surface area contributed by atoms with Gasteiger partial charge in [-0.05, 0) is 78.7 Å². The van der Waals surface area contributed by atoms with E-state index in [-0.39, 0.29) is 29.1 Å². The van der Waals surface area contributed by atoms with Crippen LogP contribution in [0, 0.1) is 12.7 Å². The quantitative estimate of drug-likeness (QED) is 0.393. The molecule has 0 spiro atoms. The van der Waals surface area contributed by atoms with E-state index in [0.717, 1.165) is 17.3 Å². The van der Waals surface area contributed by atoms with Gasteiger partial charge in [0, 0.05) is 15.7 Å². The van der Waals surface area contributed by atoms with Crippen LogP contribution in [0.2, 0.25) is 10.0 Å². The highest BCUT2D eigenvalue weighted by molar-refractivity contribution is 8.14. The van der Waals surface area contributed by atoms with E-state index in [1.165, 1.54) is 17.0 Å². The second-order valence-electron chi connectivity index (χ2n) is 7.39. The molecule has 0 saturated heterocycles. The minimum Gasteiger partial charge on any atom is -0.325 e. The van der Waals surface area contributed by atoms with E-state index in [1.54, 1.807) is 60.7 Å². The topological polar surface area (TPSA) is 61.8 Å². The molecule has 0 radical (unpaired) electrons. The molecule has 0 bridgehead atoms. The zero-order valence-corrected chi connectivity index (χ0v) is 20.2.